The molecule has 1 aromatic carbocycles. The van der Waals surface area contributed by atoms with Crippen LogP contribution >= 0.6 is 15.9 Å². The van der Waals surface area contributed by atoms with E-state index in [0.29, 0.717) is 13.1 Å². The topological polar surface area (TPSA) is 88.1 Å². The van der Waals surface area contributed by atoms with Gasteiger partial charge in [0.2, 0.25) is 5.91 Å². The number of nitrogens with zero attached hydrogens (tertiary/aromatic N) is 4. The van der Waals surface area contributed by atoms with Crippen LogP contribution in [0.3, 0.4) is 0 Å². The zero-order valence-corrected chi connectivity index (χ0v) is 15.5. The van der Waals surface area contributed by atoms with Crippen LogP contribution in [0.1, 0.15) is 18.1 Å². The smallest absolute Gasteiger partial charge is 0.331 e. The van der Waals surface area contributed by atoms with Crippen LogP contribution in [0.5, 0.6) is 0 Å². The second-order valence-electron chi connectivity index (χ2n) is 5.46. The summed E-state index contributed by atoms with van der Waals surface area (Å²) in [5, 5.41) is 9.04. The van der Waals surface area contributed by atoms with Gasteiger partial charge in [0.05, 0.1) is 0 Å². The fourth-order valence-corrected chi connectivity index (χ4v) is 2.73. The molecule has 0 aliphatic rings. The predicted molar refractivity (Wildman–Crippen MR) is 96.0 cm³/mol. The van der Waals surface area contributed by atoms with Gasteiger partial charge >= 0.3 is 5.69 Å². The fourth-order valence-electron chi connectivity index (χ4n) is 2.32. The molecule has 0 N–H and O–H groups in total. The first-order chi connectivity index (χ1) is 11.9. The monoisotopic (exact) mass is 404 g/mol. The number of aromatic nitrogens is 2. The van der Waals surface area contributed by atoms with Crippen LogP contribution in [0.15, 0.2) is 44.5 Å². The highest BCUT2D eigenvalue weighted by Gasteiger charge is 2.17. The van der Waals surface area contributed by atoms with Gasteiger partial charge in [0.15, 0.2) is 0 Å². The van der Waals surface area contributed by atoms with Crippen molar-refractivity contribution >= 4 is 21.8 Å². The van der Waals surface area contributed by atoms with Crippen molar-refractivity contribution < 1.29 is 4.79 Å². The van der Waals surface area contributed by atoms with Gasteiger partial charge in [-0.3, -0.25) is 14.2 Å². The minimum Gasteiger partial charge on any atom is -0.340 e. The first-order valence-corrected chi connectivity index (χ1v) is 8.40. The second-order valence-corrected chi connectivity index (χ2v) is 6.31. The molecule has 7 nitrogen and oxygen atoms in total. The Bertz CT molecular complexity index is 956. The van der Waals surface area contributed by atoms with Crippen LogP contribution < -0.4 is 11.2 Å². The van der Waals surface area contributed by atoms with E-state index >= 15 is 0 Å². The number of nitriles is 1. The maximum atomic E-state index is 12.5. The Hall–Kier alpha value is -2.66. The molecule has 1 aromatic heterocycles. The SMILES string of the molecule is CCn1cc(C#N)c(=O)n(CC(=O)N(C)Cc2ccccc2Br)c1=O. The molecule has 1 heterocycles. The summed E-state index contributed by atoms with van der Waals surface area (Å²) in [6.07, 6.45) is 1.22. The molecule has 0 atom stereocenters. The molecular formula is C17H17BrN4O3. The van der Waals surface area contributed by atoms with Crippen molar-refractivity contribution in [1.29, 1.82) is 5.26 Å². The zero-order chi connectivity index (χ0) is 18.6. The number of aryl methyl sites for hydroxylation is 1. The van der Waals surface area contributed by atoms with Crippen molar-refractivity contribution in [3.8, 4) is 6.07 Å². The molecule has 8 heteroatoms. The average molecular weight is 405 g/mol. The van der Waals surface area contributed by atoms with E-state index in [0.717, 1.165) is 14.6 Å². The number of likely N-dealkylation sites (N-methyl/N-ethyl adjacent to an activating group) is 1. The quantitative estimate of drug-likeness (QED) is 0.751. The van der Waals surface area contributed by atoms with Gasteiger partial charge in [0, 0.05) is 30.8 Å². The van der Waals surface area contributed by atoms with Crippen LogP contribution in [0.4, 0.5) is 0 Å². The Labute approximate surface area is 152 Å². The van der Waals surface area contributed by atoms with Crippen LogP contribution in [0, 0.1) is 11.3 Å². The third-order valence-corrected chi connectivity index (χ3v) is 4.56. The van der Waals surface area contributed by atoms with Gasteiger partial charge in [-0.15, -0.1) is 0 Å². The Morgan fingerprint density at radius 3 is 2.60 bits per heavy atom. The summed E-state index contributed by atoms with van der Waals surface area (Å²) < 4.78 is 2.91. The van der Waals surface area contributed by atoms with Gasteiger partial charge in [0.25, 0.3) is 5.56 Å². The highest BCUT2D eigenvalue weighted by Crippen LogP contribution is 2.17. The van der Waals surface area contributed by atoms with E-state index in [1.807, 2.05) is 24.3 Å². The first kappa shape index (κ1) is 18.7. The normalized spacial score (nSPS) is 10.3. The Kier molecular flexibility index (Phi) is 5.93. The molecule has 0 aliphatic carbocycles. The number of halogens is 1. The lowest BCUT2D eigenvalue weighted by atomic mass is 10.2. The van der Waals surface area contributed by atoms with E-state index in [4.69, 9.17) is 5.26 Å². The molecule has 2 aromatic rings. The maximum absolute atomic E-state index is 12.5. The summed E-state index contributed by atoms with van der Waals surface area (Å²) >= 11 is 3.42. The fraction of sp³-hybridized carbons (Fsp3) is 0.294. The summed E-state index contributed by atoms with van der Waals surface area (Å²) in [5.74, 6) is -0.396. The summed E-state index contributed by atoms with van der Waals surface area (Å²) in [6, 6.07) is 9.24. The largest absolute Gasteiger partial charge is 0.340 e. The lowest BCUT2D eigenvalue weighted by Crippen LogP contribution is -2.44. The lowest BCUT2D eigenvalue weighted by molar-refractivity contribution is -0.131. The molecule has 0 spiro atoms. The third kappa shape index (κ3) is 4.06. The summed E-state index contributed by atoms with van der Waals surface area (Å²) in [5.41, 5.74) is -0.612. The number of hydrogen-bond donors (Lipinski definition) is 0. The van der Waals surface area contributed by atoms with Gasteiger partial charge < -0.3 is 4.90 Å². The van der Waals surface area contributed by atoms with Crippen molar-refractivity contribution in [3.05, 3.63) is 66.9 Å². The molecule has 0 radical (unpaired) electrons. The van der Waals surface area contributed by atoms with Crippen LogP contribution in [-0.2, 0) is 24.4 Å². The average Bonchev–Trinajstić information content (AvgIpc) is 2.60. The van der Waals surface area contributed by atoms with Crippen molar-refractivity contribution in [2.75, 3.05) is 7.05 Å². The van der Waals surface area contributed by atoms with E-state index in [2.05, 4.69) is 15.9 Å². The predicted octanol–water partition coefficient (Wildman–Crippen LogP) is 1.32. The molecule has 0 aliphatic heterocycles. The lowest BCUT2D eigenvalue weighted by Gasteiger charge is -2.19. The summed E-state index contributed by atoms with van der Waals surface area (Å²) in [4.78, 5) is 38.4. The summed E-state index contributed by atoms with van der Waals surface area (Å²) in [7, 11) is 1.60. The van der Waals surface area contributed by atoms with Crippen LogP contribution in [0.2, 0.25) is 0 Å². The van der Waals surface area contributed by atoms with E-state index in [1.165, 1.54) is 15.7 Å². The highest BCUT2D eigenvalue weighted by atomic mass is 79.9. The Morgan fingerprint density at radius 2 is 2.00 bits per heavy atom. The maximum Gasteiger partial charge on any atom is 0.331 e. The number of benzene rings is 1. The van der Waals surface area contributed by atoms with Gasteiger partial charge in [-0.1, -0.05) is 34.1 Å². The first-order valence-electron chi connectivity index (χ1n) is 7.60. The summed E-state index contributed by atoms with van der Waals surface area (Å²) in [6.45, 7) is 1.94. The molecule has 1 amide bonds. The van der Waals surface area contributed by atoms with Gasteiger partial charge in [-0.2, -0.15) is 5.26 Å². The van der Waals surface area contributed by atoms with E-state index < -0.39 is 23.7 Å². The number of amides is 1. The van der Waals surface area contributed by atoms with Crippen molar-refractivity contribution in [2.24, 2.45) is 0 Å². The van der Waals surface area contributed by atoms with E-state index in [1.54, 1.807) is 20.0 Å². The molecule has 0 fully saturated rings. The van der Waals surface area contributed by atoms with Gasteiger partial charge in [-0.25, -0.2) is 9.36 Å². The molecule has 130 valence electrons. The number of hydrogen-bond acceptors (Lipinski definition) is 4. The number of carbonyl (C=O) groups excluding carboxylic acids is 1. The molecule has 0 unspecified atom stereocenters. The molecule has 2 rings (SSSR count). The minimum absolute atomic E-state index is 0.164. The Morgan fingerprint density at radius 1 is 1.32 bits per heavy atom. The number of rotatable bonds is 5. The molecule has 0 saturated carbocycles. The Balaban J connectivity index is 2.29. The van der Waals surface area contributed by atoms with Crippen molar-refractivity contribution in [3.63, 3.8) is 0 Å². The highest BCUT2D eigenvalue weighted by molar-refractivity contribution is 9.10. The van der Waals surface area contributed by atoms with Gasteiger partial charge in [0.1, 0.15) is 18.2 Å². The van der Waals surface area contributed by atoms with Crippen molar-refractivity contribution in [2.45, 2.75) is 26.6 Å². The number of carbonyl (C=O) groups is 1. The van der Waals surface area contributed by atoms with Crippen molar-refractivity contribution in [1.82, 2.24) is 14.0 Å². The molecule has 0 saturated heterocycles. The third-order valence-electron chi connectivity index (χ3n) is 3.78. The standard InChI is InChI=1S/C17H17BrN4O3/c1-3-21-10-13(8-19)16(24)22(17(21)25)11-15(23)20(2)9-12-6-4-5-7-14(12)18/h4-7,10H,3,9,11H2,1-2H3. The van der Waals surface area contributed by atoms with Crippen LogP contribution in [-0.4, -0.2) is 27.0 Å². The minimum atomic E-state index is -0.750. The zero-order valence-electron chi connectivity index (χ0n) is 13.9. The van der Waals surface area contributed by atoms with E-state index in [9.17, 15) is 14.4 Å². The van der Waals surface area contributed by atoms with Gasteiger partial charge in [-0.05, 0) is 18.6 Å². The molecule has 25 heavy (non-hydrogen) atoms. The second kappa shape index (κ2) is 7.94. The molecule has 0 bridgehead atoms. The molecular weight excluding hydrogens is 388 g/mol. The van der Waals surface area contributed by atoms with E-state index in [-0.39, 0.29) is 5.56 Å². The van der Waals surface area contributed by atoms with Crippen LogP contribution in [0.25, 0.3) is 0 Å².